The summed E-state index contributed by atoms with van der Waals surface area (Å²) in [4.78, 5) is 0.203. The Kier molecular flexibility index (Phi) is 3.27. The van der Waals surface area contributed by atoms with Crippen LogP contribution in [0.15, 0.2) is 17.3 Å². The number of aryl methyl sites for hydroxylation is 1. The third kappa shape index (κ3) is 2.60. The van der Waals surface area contributed by atoms with E-state index in [1.54, 1.807) is 7.05 Å². The van der Waals surface area contributed by atoms with E-state index in [9.17, 15) is 8.42 Å². The highest BCUT2D eigenvalue weighted by Crippen LogP contribution is 2.12. The van der Waals surface area contributed by atoms with Crippen molar-refractivity contribution < 1.29 is 13.2 Å². The molecule has 1 aromatic rings. The van der Waals surface area contributed by atoms with Gasteiger partial charge in [-0.05, 0) is 12.3 Å². The first-order valence-corrected chi connectivity index (χ1v) is 6.62. The quantitative estimate of drug-likeness (QED) is 0.793. The third-order valence-electron chi connectivity index (χ3n) is 2.58. The molecule has 90 valence electrons. The Balaban J connectivity index is 1.97. The normalized spacial score (nSPS) is 21.4. The Morgan fingerprint density at radius 3 is 3.06 bits per heavy atom. The van der Waals surface area contributed by atoms with Crippen molar-refractivity contribution in [3.8, 4) is 0 Å². The van der Waals surface area contributed by atoms with Gasteiger partial charge in [-0.2, -0.15) is 5.10 Å². The summed E-state index contributed by atoms with van der Waals surface area (Å²) in [6.45, 7) is 1.78. The number of hydrogen-bond donors (Lipinski definition) is 1. The zero-order valence-corrected chi connectivity index (χ0v) is 9.90. The molecule has 16 heavy (non-hydrogen) atoms. The van der Waals surface area contributed by atoms with Gasteiger partial charge in [0.05, 0.1) is 12.8 Å². The van der Waals surface area contributed by atoms with Gasteiger partial charge in [-0.3, -0.25) is 4.68 Å². The fraction of sp³-hybridized carbons (Fsp3) is 0.667. The summed E-state index contributed by atoms with van der Waals surface area (Å²) in [5.41, 5.74) is 0. The maximum Gasteiger partial charge on any atom is 0.243 e. The molecule has 1 aliphatic heterocycles. The van der Waals surface area contributed by atoms with E-state index in [2.05, 4.69) is 9.82 Å². The molecule has 1 aromatic heterocycles. The SMILES string of the molecule is Cn1cc(S(=O)(=O)NCC2CCOC2)cn1. The van der Waals surface area contributed by atoms with Crippen LogP contribution in [-0.4, -0.2) is 38.0 Å². The van der Waals surface area contributed by atoms with Crippen molar-refractivity contribution in [1.82, 2.24) is 14.5 Å². The first-order chi connectivity index (χ1) is 7.58. The Morgan fingerprint density at radius 2 is 2.50 bits per heavy atom. The highest BCUT2D eigenvalue weighted by atomic mass is 32.2. The number of ether oxygens (including phenoxy) is 1. The lowest BCUT2D eigenvalue weighted by Gasteiger charge is -2.08. The number of nitrogens with one attached hydrogen (secondary N) is 1. The zero-order valence-electron chi connectivity index (χ0n) is 9.09. The summed E-state index contributed by atoms with van der Waals surface area (Å²) in [5.74, 6) is 0.284. The van der Waals surface area contributed by atoms with Crippen molar-refractivity contribution in [3.63, 3.8) is 0 Å². The average Bonchev–Trinajstić information content (AvgIpc) is 2.85. The van der Waals surface area contributed by atoms with Crippen molar-refractivity contribution in [2.45, 2.75) is 11.3 Å². The predicted molar refractivity (Wildman–Crippen MR) is 57.3 cm³/mol. The van der Waals surface area contributed by atoms with Crippen LogP contribution in [0, 0.1) is 5.92 Å². The Hall–Kier alpha value is -0.920. The molecule has 1 fully saturated rings. The molecule has 1 saturated heterocycles. The number of aromatic nitrogens is 2. The molecule has 0 saturated carbocycles. The lowest BCUT2D eigenvalue weighted by Crippen LogP contribution is -2.29. The van der Waals surface area contributed by atoms with Gasteiger partial charge in [0.1, 0.15) is 4.90 Å². The molecule has 0 aliphatic carbocycles. The van der Waals surface area contributed by atoms with Gasteiger partial charge in [0.15, 0.2) is 0 Å². The molecule has 1 aliphatic rings. The maximum absolute atomic E-state index is 11.8. The number of rotatable bonds is 4. The Morgan fingerprint density at radius 1 is 1.69 bits per heavy atom. The van der Waals surface area contributed by atoms with E-state index in [0.717, 1.165) is 13.0 Å². The van der Waals surface area contributed by atoms with Crippen LogP contribution in [-0.2, 0) is 21.8 Å². The molecule has 0 spiro atoms. The summed E-state index contributed by atoms with van der Waals surface area (Å²) < 4.78 is 32.8. The van der Waals surface area contributed by atoms with E-state index < -0.39 is 10.0 Å². The minimum absolute atomic E-state index is 0.203. The molecule has 0 amide bonds. The second-order valence-corrected chi connectivity index (χ2v) is 5.70. The highest BCUT2D eigenvalue weighted by molar-refractivity contribution is 7.89. The number of hydrogen-bond acceptors (Lipinski definition) is 4. The van der Waals surface area contributed by atoms with Gasteiger partial charge in [0.25, 0.3) is 0 Å². The third-order valence-corrected chi connectivity index (χ3v) is 3.96. The molecule has 1 atom stereocenters. The Labute approximate surface area is 94.6 Å². The molecule has 0 aromatic carbocycles. The molecule has 6 nitrogen and oxygen atoms in total. The topological polar surface area (TPSA) is 73.2 Å². The summed E-state index contributed by atoms with van der Waals surface area (Å²) >= 11 is 0. The summed E-state index contributed by atoms with van der Waals surface area (Å²) in [5, 5.41) is 3.84. The minimum Gasteiger partial charge on any atom is -0.381 e. The first-order valence-electron chi connectivity index (χ1n) is 5.14. The molecule has 1 N–H and O–H groups in total. The summed E-state index contributed by atoms with van der Waals surface area (Å²) in [7, 11) is -1.73. The molecule has 0 radical (unpaired) electrons. The largest absolute Gasteiger partial charge is 0.381 e. The van der Waals surface area contributed by atoms with E-state index in [1.807, 2.05) is 0 Å². The lowest BCUT2D eigenvalue weighted by atomic mass is 10.1. The van der Waals surface area contributed by atoms with Gasteiger partial charge in [-0.15, -0.1) is 0 Å². The molecule has 2 rings (SSSR count). The van der Waals surface area contributed by atoms with Crippen molar-refractivity contribution >= 4 is 10.0 Å². The van der Waals surface area contributed by atoms with Gasteiger partial charge < -0.3 is 4.74 Å². The molecular weight excluding hydrogens is 230 g/mol. The number of nitrogens with zero attached hydrogens (tertiary/aromatic N) is 2. The molecular formula is C9H15N3O3S. The van der Waals surface area contributed by atoms with Crippen LogP contribution in [0.2, 0.25) is 0 Å². The highest BCUT2D eigenvalue weighted by Gasteiger charge is 2.20. The van der Waals surface area contributed by atoms with Gasteiger partial charge in [0, 0.05) is 26.4 Å². The van der Waals surface area contributed by atoms with E-state index in [-0.39, 0.29) is 10.8 Å². The van der Waals surface area contributed by atoms with Gasteiger partial charge >= 0.3 is 0 Å². The van der Waals surface area contributed by atoms with Gasteiger partial charge in [-0.1, -0.05) is 0 Å². The van der Waals surface area contributed by atoms with Crippen LogP contribution in [0.25, 0.3) is 0 Å². The van der Waals surface area contributed by atoms with E-state index >= 15 is 0 Å². The second-order valence-electron chi connectivity index (χ2n) is 3.93. The second kappa shape index (κ2) is 4.52. The van der Waals surface area contributed by atoms with Crippen LogP contribution in [0.4, 0.5) is 0 Å². The fourth-order valence-corrected chi connectivity index (χ4v) is 2.69. The number of sulfonamides is 1. The monoisotopic (exact) mass is 245 g/mol. The van der Waals surface area contributed by atoms with Crippen LogP contribution in [0.3, 0.4) is 0 Å². The summed E-state index contributed by atoms with van der Waals surface area (Å²) in [6.07, 6.45) is 3.73. The van der Waals surface area contributed by atoms with Crippen molar-refractivity contribution in [3.05, 3.63) is 12.4 Å². The first kappa shape index (κ1) is 11.6. The predicted octanol–water partition coefficient (Wildman–Crippen LogP) is -0.265. The van der Waals surface area contributed by atoms with E-state index in [0.29, 0.717) is 13.2 Å². The minimum atomic E-state index is -3.42. The lowest BCUT2D eigenvalue weighted by molar-refractivity contribution is 0.186. The van der Waals surface area contributed by atoms with Crippen LogP contribution < -0.4 is 4.72 Å². The Bertz CT molecular complexity index is 448. The van der Waals surface area contributed by atoms with Crippen molar-refractivity contribution in [1.29, 1.82) is 0 Å². The van der Waals surface area contributed by atoms with Crippen LogP contribution >= 0.6 is 0 Å². The van der Waals surface area contributed by atoms with Crippen molar-refractivity contribution in [2.75, 3.05) is 19.8 Å². The van der Waals surface area contributed by atoms with Gasteiger partial charge in [0.2, 0.25) is 10.0 Å². The van der Waals surface area contributed by atoms with E-state index in [4.69, 9.17) is 4.74 Å². The summed E-state index contributed by atoms with van der Waals surface area (Å²) in [6, 6.07) is 0. The molecule has 2 heterocycles. The molecule has 1 unspecified atom stereocenters. The maximum atomic E-state index is 11.8. The van der Waals surface area contributed by atoms with Crippen LogP contribution in [0.1, 0.15) is 6.42 Å². The fourth-order valence-electron chi connectivity index (χ4n) is 1.59. The van der Waals surface area contributed by atoms with Crippen LogP contribution in [0.5, 0.6) is 0 Å². The van der Waals surface area contributed by atoms with E-state index in [1.165, 1.54) is 17.1 Å². The average molecular weight is 245 g/mol. The smallest absolute Gasteiger partial charge is 0.243 e. The molecule has 7 heteroatoms. The zero-order chi connectivity index (χ0) is 11.6. The molecule has 0 bridgehead atoms. The van der Waals surface area contributed by atoms with Crippen molar-refractivity contribution in [2.24, 2.45) is 13.0 Å². The standard InChI is InChI=1S/C9H15N3O3S/c1-12-6-9(5-10-12)16(13,14)11-4-8-2-3-15-7-8/h5-6,8,11H,2-4,7H2,1H3. The van der Waals surface area contributed by atoms with Gasteiger partial charge in [-0.25, -0.2) is 13.1 Å².